The fourth-order valence-electron chi connectivity index (χ4n) is 2.69. The molecule has 1 heterocycles. The molecule has 0 radical (unpaired) electrons. The number of esters is 1. The van der Waals surface area contributed by atoms with Crippen molar-refractivity contribution in [1.82, 2.24) is 4.98 Å². The van der Waals surface area contributed by atoms with Crippen LogP contribution in [0.4, 0.5) is 18.9 Å². The van der Waals surface area contributed by atoms with Crippen LogP contribution in [-0.4, -0.2) is 29.6 Å². The summed E-state index contributed by atoms with van der Waals surface area (Å²) < 4.78 is 49.0. The number of carbonyl (C=O) groups excluding carboxylic acids is 1. The summed E-state index contributed by atoms with van der Waals surface area (Å²) in [5.74, 6) is -1.87. The van der Waals surface area contributed by atoms with Gasteiger partial charge in [-0.2, -0.15) is 13.2 Å². The van der Waals surface area contributed by atoms with Gasteiger partial charge in [0, 0.05) is 17.3 Å². The first-order chi connectivity index (χ1) is 13.6. The van der Waals surface area contributed by atoms with Gasteiger partial charge in [0.25, 0.3) is 5.69 Å². The number of rotatable bonds is 7. The number of hydrogen-bond donors (Lipinski definition) is 0. The van der Waals surface area contributed by atoms with E-state index in [0.717, 1.165) is 0 Å². The largest absolute Gasteiger partial charge is 0.496 e. The molecule has 29 heavy (non-hydrogen) atoms. The third kappa shape index (κ3) is 5.35. The molecule has 0 bridgehead atoms. The Bertz CT molecular complexity index is 921. The first kappa shape index (κ1) is 22.4. The fraction of sp³-hybridized carbons (Fsp3) is 0.333. The lowest BCUT2D eigenvalue weighted by Crippen LogP contribution is -2.21. The number of nitro groups is 1. The van der Waals surface area contributed by atoms with Crippen LogP contribution in [-0.2, 0) is 22.1 Å². The molecule has 1 unspecified atom stereocenters. The maximum atomic E-state index is 12.9. The number of nitrogens with zero attached hydrogens (tertiary/aromatic N) is 2. The topological polar surface area (TPSA) is 91.6 Å². The van der Waals surface area contributed by atoms with E-state index in [9.17, 15) is 28.1 Å². The zero-order chi connectivity index (χ0) is 21.8. The molecule has 2 aromatic rings. The molecule has 156 valence electrons. The van der Waals surface area contributed by atoms with Crippen LogP contribution < -0.4 is 4.74 Å². The van der Waals surface area contributed by atoms with Gasteiger partial charge < -0.3 is 9.47 Å². The Balaban J connectivity index is 2.60. The van der Waals surface area contributed by atoms with Crippen LogP contribution in [0.3, 0.4) is 0 Å². The van der Waals surface area contributed by atoms with Crippen molar-refractivity contribution in [1.29, 1.82) is 0 Å². The van der Waals surface area contributed by atoms with Crippen LogP contribution in [0.5, 0.6) is 5.75 Å². The molecule has 1 aromatic carbocycles. The second-order valence-corrected chi connectivity index (χ2v) is 6.28. The van der Waals surface area contributed by atoms with Gasteiger partial charge in [0.1, 0.15) is 17.4 Å². The van der Waals surface area contributed by atoms with Crippen molar-refractivity contribution in [3.05, 3.63) is 62.4 Å². The SMILES string of the molecule is CCOC(=O)C(Cc1cc(Cl)ccc1OC)c1ncc(C(F)(F)F)cc1[N+](=O)[O-]. The van der Waals surface area contributed by atoms with Crippen molar-refractivity contribution in [3.8, 4) is 5.75 Å². The van der Waals surface area contributed by atoms with Gasteiger partial charge in [-0.25, -0.2) is 0 Å². The summed E-state index contributed by atoms with van der Waals surface area (Å²) in [5.41, 5.74) is -2.26. The third-order valence-electron chi connectivity index (χ3n) is 3.99. The van der Waals surface area contributed by atoms with E-state index >= 15 is 0 Å². The molecule has 11 heteroatoms. The lowest BCUT2D eigenvalue weighted by molar-refractivity contribution is -0.386. The van der Waals surface area contributed by atoms with Gasteiger partial charge in [0.15, 0.2) is 0 Å². The minimum absolute atomic E-state index is 0.0313. The molecule has 7 nitrogen and oxygen atoms in total. The number of aromatic nitrogens is 1. The van der Waals surface area contributed by atoms with Crippen LogP contribution in [0.1, 0.15) is 29.7 Å². The number of halogens is 4. The molecule has 0 amide bonds. The molecule has 0 aliphatic carbocycles. The van der Waals surface area contributed by atoms with Gasteiger partial charge in [-0.15, -0.1) is 0 Å². The Labute approximate surface area is 168 Å². The molecule has 0 spiro atoms. The highest BCUT2D eigenvalue weighted by atomic mass is 35.5. The van der Waals surface area contributed by atoms with Gasteiger partial charge in [-0.3, -0.25) is 19.9 Å². The van der Waals surface area contributed by atoms with Crippen LogP contribution >= 0.6 is 11.6 Å². The molecule has 1 atom stereocenters. The third-order valence-corrected chi connectivity index (χ3v) is 4.22. The summed E-state index contributed by atoms with van der Waals surface area (Å²) in [5, 5.41) is 11.7. The Morgan fingerprint density at radius 2 is 2.03 bits per heavy atom. The van der Waals surface area contributed by atoms with E-state index < -0.39 is 39.9 Å². The second kappa shape index (κ2) is 9.08. The number of carbonyl (C=O) groups is 1. The van der Waals surface area contributed by atoms with E-state index in [4.69, 9.17) is 21.1 Å². The van der Waals surface area contributed by atoms with Gasteiger partial charge >= 0.3 is 12.1 Å². The number of hydrogen-bond acceptors (Lipinski definition) is 6. The number of ether oxygens (including phenoxy) is 2. The first-order valence-electron chi connectivity index (χ1n) is 8.29. The van der Waals surface area contributed by atoms with Crippen molar-refractivity contribution in [2.24, 2.45) is 0 Å². The smallest absolute Gasteiger partial charge is 0.418 e. The maximum absolute atomic E-state index is 12.9. The average molecular weight is 433 g/mol. The van der Waals surface area contributed by atoms with Crippen molar-refractivity contribution in [2.45, 2.75) is 25.4 Å². The lowest BCUT2D eigenvalue weighted by atomic mass is 9.93. The predicted molar refractivity (Wildman–Crippen MR) is 97.0 cm³/mol. The summed E-state index contributed by atoms with van der Waals surface area (Å²) in [7, 11) is 1.38. The fourth-order valence-corrected chi connectivity index (χ4v) is 2.89. The molecule has 2 rings (SSSR count). The number of pyridine rings is 1. The van der Waals surface area contributed by atoms with Crippen molar-refractivity contribution in [2.75, 3.05) is 13.7 Å². The van der Waals surface area contributed by atoms with E-state index in [1.165, 1.54) is 26.2 Å². The van der Waals surface area contributed by atoms with Crippen LogP contribution in [0.25, 0.3) is 0 Å². The molecule has 1 aromatic heterocycles. The molecule has 0 aliphatic rings. The monoisotopic (exact) mass is 432 g/mol. The quantitative estimate of drug-likeness (QED) is 0.362. The normalized spacial score (nSPS) is 12.3. The molecule has 0 saturated heterocycles. The van der Waals surface area contributed by atoms with Gasteiger partial charge in [-0.1, -0.05) is 11.6 Å². The second-order valence-electron chi connectivity index (χ2n) is 5.85. The Kier molecular flexibility index (Phi) is 7.02. The van der Waals surface area contributed by atoms with E-state index in [1.54, 1.807) is 6.07 Å². The van der Waals surface area contributed by atoms with Crippen molar-refractivity contribution >= 4 is 23.3 Å². The zero-order valence-corrected chi connectivity index (χ0v) is 16.1. The average Bonchev–Trinajstić information content (AvgIpc) is 2.65. The summed E-state index contributed by atoms with van der Waals surface area (Å²) in [6.07, 6.45) is -4.56. The highest BCUT2D eigenvalue weighted by Crippen LogP contribution is 2.36. The van der Waals surface area contributed by atoms with Crippen LogP contribution in [0.2, 0.25) is 5.02 Å². The van der Waals surface area contributed by atoms with Crippen molar-refractivity contribution < 1.29 is 32.4 Å². The highest BCUT2D eigenvalue weighted by molar-refractivity contribution is 6.30. The van der Waals surface area contributed by atoms with Crippen LogP contribution in [0, 0.1) is 10.1 Å². The molecular formula is C18H16ClF3N2O5. The molecular weight excluding hydrogens is 417 g/mol. The van der Waals surface area contributed by atoms with Crippen molar-refractivity contribution in [3.63, 3.8) is 0 Å². The van der Waals surface area contributed by atoms with E-state index in [-0.39, 0.29) is 13.0 Å². The van der Waals surface area contributed by atoms with E-state index in [0.29, 0.717) is 28.6 Å². The predicted octanol–water partition coefficient (Wildman–Crippen LogP) is 4.56. The van der Waals surface area contributed by atoms with Crippen LogP contribution in [0.15, 0.2) is 30.5 Å². The molecule has 0 fully saturated rings. The lowest BCUT2D eigenvalue weighted by Gasteiger charge is -2.18. The Morgan fingerprint density at radius 1 is 1.34 bits per heavy atom. The van der Waals surface area contributed by atoms with Gasteiger partial charge in [0.2, 0.25) is 0 Å². The van der Waals surface area contributed by atoms with E-state index in [1.807, 2.05) is 0 Å². The summed E-state index contributed by atoms with van der Waals surface area (Å²) >= 11 is 5.98. The molecule has 0 aliphatic heterocycles. The van der Waals surface area contributed by atoms with Gasteiger partial charge in [0.05, 0.1) is 24.2 Å². The Morgan fingerprint density at radius 3 is 2.59 bits per heavy atom. The van der Waals surface area contributed by atoms with Gasteiger partial charge in [-0.05, 0) is 37.1 Å². The molecule has 0 saturated carbocycles. The minimum Gasteiger partial charge on any atom is -0.496 e. The summed E-state index contributed by atoms with van der Waals surface area (Å²) in [6.45, 7) is 1.50. The first-order valence-corrected chi connectivity index (χ1v) is 8.66. The summed E-state index contributed by atoms with van der Waals surface area (Å²) in [4.78, 5) is 26.5. The van der Waals surface area contributed by atoms with E-state index in [2.05, 4.69) is 4.98 Å². The Hall–Kier alpha value is -2.88. The number of methoxy groups -OCH3 is 1. The standard InChI is InChI=1S/C18H16ClF3N2O5/c1-3-29-17(25)13(7-10-6-12(19)4-5-15(10)28-2)16-14(24(26)27)8-11(9-23-16)18(20,21)22/h4-6,8-9,13H,3,7H2,1-2H3. The summed E-state index contributed by atoms with van der Waals surface area (Å²) in [6, 6.07) is 4.92. The maximum Gasteiger partial charge on any atom is 0.418 e. The number of alkyl halides is 3. The zero-order valence-electron chi connectivity index (χ0n) is 15.3. The highest BCUT2D eigenvalue weighted by Gasteiger charge is 2.37. The number of benzene rings is 1. The minimum atomic E-state index is -4.83. The molecule has 0 N–H and O–H groups in total.